The number of nitrogens with one attached hydrogen (secondary N) is 1. The first-order valence-electron chi connectivity index (χ1n) is 11.5. The van der Waals surface area contributed by atoms with Gasteiger partial charge in [-0.2, -0.15) is 0 Å². The average molecular weight is 434 g/mol. The van der Waals surface area contributed by atoms with E-state index in [9.17, 15) is 14.4 Å². The minimum atomic E-state index is -0.477. The van der Waals surface area contributed by atoms with Gasteiger partial charge < -0.3 is 15.1 Å². The highest BCUT2D eigenvalue weighted by Crippen LogP contribution is 2.29. The third-order valence-corrected chi connectivity index (χ3v) is 6.44. The monoisotopic (exact) mass is 433 g/mol. The second-order valence-electron chi connectivity index (χ2n) is 8.82. The van der Waals surface area contributed by atoms with E-state index in [0.29, 0.717) is 19.4 Å². The van der Waals surface area contributed by atoms with Crippen LogP contribution in [0.25, 0.3) is 0 Å². The lowest BCUT2D eigenvalue weighted by molar-refractivity contribution is -0.146. The van der Waals surface area contributed by atoms with Crippen LogP contribution < -0.4 is 5.32 Å². The van der Waals surface area contributed by atoms with Gasteiger partial charge in [0.2, 0.25) is 17.7 Å². The largest absolute Gasteiger partial charge is 0.341 e. The Morgan fingerprint density at radius 3 is 2.41 bits per heavy atom. The number of nitrogens with zero attached hydrogens (tertiary/aromatic N) is 2. The second-order valence-corrected chi connectivity index (χ2v) is 8.82. The number of likely N-dealkylation sites (tertiary alicyclic amines) is 1. The minimum absolute atomic E-state index is 0.0416. The Labute approximate surface area is 189 Å². The van der Waals surface area contributed by atoms with E-state index < -0.39 is 6.04 Å². The summed E-state index contributed by atoms with van der Waals surface area (Å²) in [7, 11) is 0. The first-order chi connectivity index (χ1) is 15.4. The first-order valence-corrected chi connectivity index (χ1v) is 11.5. The quantitative estimate of drug-likeness (QED) is 0.785. The fraction of sp³-hybridized carbons (Fsp3) is 0.423. The van der Waals surface area contributed by atoms with Crippen molar-refractivity contribution < 1.29 is 14.4 Å². The van der Waals surface area contributed by atoms with Gasteiger partial charge in [0, 0.05) is 38.2 Å². The summed E-state index contributed by atoms with van der Waals surface area (Å²) in [6, 6.07) is 13.3. The van der Waals surface area contributed by atoms with Gasteiger partial charge >= 0.3 is 0 Å². The molecule has 6 heteroatoms. The molecule has 0 aromatic heterocycles. The summed E-state index contributed by atoms with van der Waals surface area (Å²) in [6.07, 6.45) is 3.22. The highest BCUT2D eigenvalue weighted by Gasteiger charge is 2.37. The zero-order valence-electron chi connectivity index (χ0n) is 18.9. The number of hydrogen-bond donors (Lipinski definition) is 1. The van der Waals surface area contributed by atoms with E-state index in [1.54, 1.807) is 4.90 Å². The predicted octanol–water partition coefficient (Wildman–Crippen LogP) is 3.46. The highest BCUT2D eigenvalue weighted by atomic mass is 16.2. The SMILES string of the molecule is CCC(=O)Nc1ccc2c(c1)CN(C(=O)Cc1ccc(C)cc1)[C@@H](C(=O)N1CCCC1)C2. The van der Waals surface area contributed by atoms with Crippen LogP contribution in [-0.2, 0) is 33.8 Å². The molecule has 2 heterocycles. The maximum Gasteiger partial charge on any atom is 0.245 e. The van der Waals surface area contributed by atoms with Crippen molar-refractivity contribution in [3.63, 3.8) is 0 Å². The van der Waals surface area contributed by atoms with Gasteiger partial charge in [-0.05, 0) is 48.6 Å². The number of anilines is 1. The van der Waals surface area contributed by atoms with Crippen molar-refractivity contribution in [2.75, 3.05) is 18.4 Å². The van der Waals surface area contributed by atoms with Crippen LogP contribution in [0.3, 0.4) is 0 Å². The van der Waals surface area contributed by atoms with Crippen LogP contribution in [0.5, 0.6) is 0 Å². The van der Waals surface area contributed by atoms with E-state index in [4.69, 9.17) is 0 Å². The molecule has 3 amide bonds. The number of hydrogen-bond acceptors (Lipinski definition) is 3. The fourth-order valence-electron chi connectivity index (χ4n) is 4.52. The number of carbonyl (C=O) groups excluding carboxylic acids is 3. The molecule has 0 saturated carbocycles. The molecule has 168 valence electrons. The molecule has 2 aliphatic rings. The van der Waals surface area contributed by atoms with E-state index in [0.717, 1.165) is 53.9 Å². The Bertz CT molecular complexity index is 1010. The topological polar surface area (TPSA) is 69.7 Å². The van der Waals surface area contributed by atoms with E-state index >= 15 is 0 Å². The number of carbonyl (C=O) groups is 3. The van der Waals surface area contributed by atoms with Crippen LogP contribution in [0, 0.1) is 6.92 Å². The second kappa shape index (κ2) is 9.55. The average Bonchev–Trinajstić information content (AvgIpc) is 3.34. The molecule has 0 unspecified atom stereocenters. The molecule has 4 rings (SSSR count). The molecule has 1 saturated heterocycles. The lowest BCUT2D eigenvalue weighted by Crippen LogP contribution is -2.53. The maximum atomic E-state index is 13.4. The van der Waals surface area contributed by atoms with Gasteiger partial charge in [-0.3, -0.25) is 14.4 Å². The third-order valence-electron chi connectivity index (χ3n) is 6.44. The zero-order chi connectivity index (χ0) is 22.7. The van der Waals surface area contributed by atoms with Gasteiger partial charge in [-0.25, -0.2) is 0 Å². The molecular weight excluding hydrogens is 402 g/mol. The molecule has 0 spiro atoms. The molecule has 0 aliphatic carbocycles. The van der Waals surface area contributed by atoms with E-state index in [-0.39, 0.29) is 24.1 Å². The van der Waals surface area contributed by atoms with Crippen molar-refractivity contribution in [3.8, 4) is 0 Å². The Morgan fingerprint density at radius 1 is 1.00 bits per heavy atom. The lowest BCUT2D eigenvalue weighted by Gasteiger charge is -2.38. The van der Waals surface area contributed by atoms with Crippen molar-refractivity contribution in [3.05, 3.63) is 64.7 Å². The summed E-state index contributed by atoms with van der Waals surface area (Å²) in [6.45, 7) is 5.75. The van der Waals surface area contributed by atoms with Crippen LogP contribution in [0.2, 0.25) is 0 Å². The minimum Gasteiger partial charge on any atom is -0.341 e. The zero-order valence-corrected chi connectivity index (χ0v) is 18.9. The summed E-state index contributed by atoms with van der Waals surface area (Å²) in [5.74, 6) is -0.0380. The molecule has 2 aromatic rings. The fourth-order valence-corrected chi connectivity index (χ4v) is 4.52. The number of amides is 3. The Balaban J connectivity index is 1.60. The van der Waals surface area contributed by atoms with E-state index in [2.05, 4.69) is 5.32 Å². The summed E-state index contributed by atoms with van der Waals surface area (Å²) < 4.78 is 0. The van der Waals surface area contributed by atoms with Crippen molar-refractivity contribution in [2.24, 2.45) is 0 Å². The number of aryl methyl sites for hydroxylation is 1. The van der Waals surface area contributed by atoms with E-state index in [1.807, 2.05) is 61.2 Å². The molecular formula is C26H31N3O3. The van der Waals surface area contributed by atoms with Crippen LogP contribution in [-0.4, -0.2) is 46.7 Å². The maximum absolute atomic E-state index is 13.4. The number of benzene rings is 2. The van der Waals surface area contributed by atoms with Crippen LogP contribution >= 0.6 is 0 Å². The third kappa shape index (κ3) is 4.85. The lowest BCUT2D eigenvalue weighted by atomic mass is 9.92. The molecule has 2 aromatic carbocycles. The van der Waals surface area contributed by atoms with E-state index in [1.165, 1.54) is 0 Å². The molecule has 32 heavy (non-hydrogen) atoms. The van der Waals surface area contributed by atoms with Gasteiger partial charge in [0.1, 0.15) is 6.04 Å². The van der Waals surface area contributed by atoms with Crippen molar-refractivity contribution in [1.82, 2.24) is 9.80 Å². The Kier molecular flexibility index (Phi) is 6.58. The number of rotatable bonds is 5. The molecule has 1 fully saturated rings. The molecule has 1 N–H and O–H groups in total. The predicted molar refractivity (Wildman–Crippen MR) is 124 cm³/mol. The summed E-state index contributed by atoms with van der Waals surface area (Å²) >= 11 is 0. The smallest absolute Gasteiger partial charge is 0.245 e. The van der Waals surface area contributed by atoms with Gasteiger partial charge in [0.25, 0.3) is 0 Å². The molecule has 2 aliphatic heterocycles. The Morgan fingerprint density at radius 2 is 1.72 bits per heavy atom. The van der Waals surface area contributed by atoms with Gasteiger partial charge in [0.15, 0.2) is 0 Å². The summed E-state index contributed by atoms with van der Waals surface area (Å²) in [5.41, 5.74) is 4.88. The summed E-state index contributed by atoms with van der Waals surface area (Å²) in [5, 5.41) is 2.89. The molecule has 1 atom stereocenters. The highest BCUT2D eigenvalue weighted by molar-refractivity contribution is 5.91. The summed E-state index contributed by atoms with van der Waals surface area (Å²) in [4.78, 5) is 42.2. The van der Waals surface area contributed by atoms with Crippen molar-refractivity contribution in [2.45, 2.75) is 58.5 Å². The van der Waals surface area contributed by atoms with Crippen LogP contribution in [0.15, 0.2) is 42.5 Å². The van der Waals surface area contributed by atoms with Crippen molar-refractivity contribution >= 4 is 23.4 Å². The molecule has 0 radical (unpaired) electrons. The first kappa shape index (κ1) is 22.1. The van der Waals surface area contributed by atoms with Crippen LogP contribution in [0.4, 0.5) is 5.69 Å². The van der Waals surface area contributed by atoms with Gasteiger partial charge in [0.05, 0.1) is 6.42 Å². The van der Waals surface area contributed by atoms with Gasteiger partial charge in [-0.1, -0.05) is 42.8 Å². The van der Waals surface area contributed by atoms with Gasteiger partial charge in [-0.15, -0.1) is 0 Å². The molecule has 0 bridgehead atoms. The Hall–Kier alpha value is -3.15. The standard InChI is InChI=1S/C26H31N3O3/c1-3-24(30)27-22-11-10-20-16-23(26(32)28-12-4-5-13-28)29(17-21(20)15-22)25(31)14-19-8-6-18(2)7-9-19/h6-11,15,23H,3-5,12-14,16-17H2,1-2H3,(H,27,30)/t23-/m1/s1. The van der Waals surface area contributed by atoms with Crippen molar-refractivity contribution in [1.29, 1.82) is 0 Å². The normalized spacial score (nSPS) is 17.8. The van der Waals surface area contributed by atoms with Crippen LogP contribution in [0.1, 0.15) is 48.4 Å². The number of fused-ring (bicyclic) bond motifs is 1. The molecule has 6 nitrogen and oxygen atoms in total.